The Morgan fingerprint density at radius 1 is 0.889 bits per heavy atom. The first-order valence-electron chi connectivity index (χ1n) is 14.4. The van der Waals surface area contributed by atoms with Crippen LogP contribution in [0.3, 0.4) is 0 Å². The van der Waals surface area contributed by atoms with Gasteiger partial charge < -0.3 is 9.84 Å². The Bertz CT molecular complexity index is 1050. The minimum absolute atomic E-state index is 0.0283. The number of hydrogen-bond acceptors (Lipinski definition) is 3. The highest BCUT2D eigenvalue weighted by Crippen LogP contribution is 2.74. The highest BCUT2D eigenvalue weighted by Gasteiger charge is 2.66. The average molecular weight is 497 g/mol. The first-order chi connectivity index (χ1) is 16.5. The van der Waals surface area contributed by atoms with Gasteiger partial charge in [0.25, 0.3) is 0 Å². The molecule has 0 aromatic heterocycles. The molecule has 36 heavy (non-hydrogen) atoms. The standard InChI is InChI=1S/C32H48O4/c1-20(33)36-25-12-13-30(6)21-11-14-32(8)24-19-29(5,26(34)35)16-15-28(24,4)17-18-31(32,7)22(21)9-10-23(30)27(25,2)3/h9,11,23-25H,10,12-19H2,1-8H3,(H,34,35)/t23-,24+,25+,28+,29+,30+,31+,32-/m0/s1. The summed E-state index contributed by atoms with van der Waals surface area (Å²) in [7, 11) is 0. The Hall–Kier alpha value is -1.58. The van der Waals surface area contributed by atoms with Gasteiger partial charge >= 0.3 is 11.9 Å². The van der Waals surface area contributed by atoms with Crippen molar-refractivity contribution >= 4 is 11.9 Å². The van der Waals surface area contributed by atoms with E-state index in [1.54, 1.807) is 11.1 Å². The van der Waals surface area contributed by atoms with Crippen molar-refractivity contribution in [3.8, 4) is 0 Å². The van der Waals surface area contributed by atoms with Crippen LogP contribution in [0.4, 0.5) is 0 Å². The monoisotopic (exact) mass is 496 g/mol. The fourth-order valence-electron chi connectivity index (χ4n) is 10.2. The number of hydrogen-bond donors (Lipinski definition) is 1. The summed E-state index contributed by atoms with van der Waals surface area (Å²) in [5.74, 6) is 0.0466. The quantitative estimate of drug-likeness (QED) is 0.397. The molecule has 0 bridgehead atoms. The zero-order valence-electron chi connectivity index (χ0n) is 23.9. The summed E-state index contributed by atoms with van der Waals surface area (Å²) < 4.78 is 5.84. The normalized spacial score (nSPS) is 49.3. The lowest BCUT2D eigenvalue weighted by atomic mass is 9.35. The summed E-state index contributed by atoms with van der Waals surface area (Å²) in [5.41, 5.74) is 2.82. The predicted octanol–water partition coefficient (Wildman–Crippen LogP) is 7.72. The second kappa shape index (κ2) is 7.73. The zero-order valence-corrected chi connectivity index (χ0v) is 23.9. The largest absolute Gasteiger partial charge is 0.481 e. The van der Waals surface area contributed by atoms with Crippen LogP contribution in [0.1, 0.15) is 113 Å². The van der Waals surface area contributed by atoms with E-state index < -0.39 is 11.4 Å². The lowest BCUT2D eigenvalue weighted by molar-refractivity contribution is -0.173. The van der Waals surface area contributed by atoms with Crippen LogP contribution in [0.25, 0.3) is 0 Å². The van der Waals surface area contributed by atoms with Crippen LogP contribution in [0.2, 0.25) is 0 Å². The van der Waals surface area contributed by atoms with Crippen molar-refractivity contribution in [2.45, 2.75) is 119 Å². The van der Waals surface area contributed by atoms with E-state index in [-0.39, 0.29) is 39.1 Å². The van der Waals surface area contributed by atoms with Gasteiger partial charge in [0, 0.05) is 12.3 Å². The van der Waals surface area contributed by atoms with Crippen LogP contribution < -0.4 is 0 Å². The van der Waals surface area contributed by atoms with Gasteiger partial charge in [0.05, 0.1) is 5.41 Å². The maximum Gasteiger partial charge on any atom is 0.309 e. The Balaban J connectivity index is 1.55. The first kappa shape index (κ1) is 26.0. The lowest BCUT2D eigenvalue weighted by Gasteiger charge is -2.68. The number of carboxylic acids is 1. The van der Waals surface area contributed by atoms with Crippen LogP contribution in [0.15, 0.2) is 23.3 Å². The van der Waals surface area contributed by atoms with Gasteiger partial charge in [-0.3, -0.25) is 9.59 Å². The molecule has 0 heterocycles. The minimum Gasteiger partial charge on any atom is -0.481 e. The van der Waals surface area contributed by atoms with Gasteiger partial charge in [-0.05, 0) is 109 Å². The van der Waals surface area contributed by atoms with Crippen molar-refractivity contribution in [3.05, 3.63) is 23.3 Å². The predicted molar refractivity (Wildman–Crippen MR) is 142 cm³/mol. The molecule has 200 valence electrons. The van der Waals surface area contributed by atoms with E-state index >= 15 is 0 Å². The SMILES string of the molecule is CC(=O)O[C@@H]1CC[C@]2(C)C3=CC[C@@]4(C)[C@@H]5C[C@](C)(C(=O)O)CC[C@]5(C)CC[C@]4(C)C3=CC[C@H]2C1(C)C. The number of esters is 1. The summed E-state index contributed by atoms with van der Waals surface area (Å²) in [4.78, 5) is 24.2. The van der Waals surface area contributed by atoms with Gasteiger partial charge in [-0.1, -0.05) is 53.7 Å². The lowest BCUT2D eigenvalue weighted by Crippen LogP contribution is -2.61. The second-order valence-corrected chi connectivity index (χ2v) is 15.1. The third-order valence-corrected chi connectivity index (χ3v) is 13.0. The molecule has 0 unspecified atom stereocenters. The maximum atomic E-state index is 12.3. The van der Waals surface area contributed by atoms with E-state index in [0.29, 0.717) is 11.8 Å². The molecular weight excluding hydrogens is 448 g/mol. The molecule has 0 aromatic rings. The number of aliphatic carboxylic acids is 1. The molecule has 0 amide bonds. The van der Waals surface area contributed by atoms with E-state index in [2.05, 4.69) is 53.7 Å². The number of rotatable bonds is 2. The molecule has 5 rings (SSSR count). The Kier molecular flexibility index (Phi) is 5.59. The minimum atomic E-state index is -0.619. The summed E-state index contributed by atoms with van der Waals surface area (Å²) in [6.07, 6.45) is 14.1. The van der Waals surface area contributed by atoms with Gasteiger partial charge in [0.2, 0.25) is 0 Å². The van der Waals surface area contributed by atoms with Gasteiger partial charge in [0.15, 0.2) is 0 Å². The second-order valence-electron chi connectivity index (χ2n) is 15.1. The molecule has 0 aromatic carbocycles. The topological polar surface area (TPSA) is 63.6 Å². The van der Waals surface area contributed by atoms with E-state index in [0.717, 1.165) is 44.9 Å². The molecule has 0 aliphatic heterocycles. The van der Waals surface area contributed by atoms with Crippen molar-refractivity contribution < 1.29 is 19.4 Å². The number of carboxylic acid groups (broad SMARTS) is 1. The number of fused-ring (bicyclic) bond motifs is 7. The van der Waals surface area contributed by atoms with Crippen LogP contribution >= 0.6 is 0 Å². The molecule has 4 heteroatoms. The van der Waals surface area contributed by atoms with E-state index in [1.807, 2.05) is 6.92 Å². The van der Waals surface area contributed by atoms with Crippen LogP contribution in [-0.4, -0.2) is 23.1 Å². The Morgan fingerprint density at radius 2 is 1.56 bits per heavy atom. The van der Waals surface area contributed by atoms with Gasteiger partial charge in [0.1, 0.15) is 6.10 Å². The third-order valence-electron chi connectivity index (χ3n) is 13.0. The van der Waals surface area contributed by atoms with Crippen LogP contribution in [0.5, 0.6) is 0 Å². The van der Waals surface area contributed by atoms with E-state index in [9.17, 15) is 14.7 Å². The van der Waals surface area contributed by atoms with E-state index in [4.69, 9.17) is 4.74 Å². The van der Waals surface area contributed by atoms with Crippen molar-refractivity contribution in [3.63, 3.8) is 0 Å². The molecule has 4 nitrogen and oxygen atoms in total. The average Bonchev–Trinajstić information content (AvgIpc) is 2.78. The first-order valence-corrected chi connectivity index (χ1v) is 14.4. The summed E-state index contributed by atoms with van der Waals surface area (Å²) >= 11 is 0. The molecule has 8 atom stereocenters. The molecule has 0 spiro atoms. The molecule has 0 radical (unpaired) electrons. The number of carbonyl (C=O) groups is 2. The molecule has 5 aliphatic rings. The molecule has 5 aliphatic carbocycles. The molecule has 3 saturated carbocycles. The number of allylic oxidation sites excluding steroid dienone is 4. The number of ether oxygens (including phenoxy) is 1. The van der Waals surface area contributed by atoms with Crippen molar-refractivity contribution in [2.75, 3.05) is 0 Å². The third kappa shape index (κ3) is 3.24. The highest BCUT2D eigenvalue weighted by molar-refractivity contribution is 5.74. The van der Waals surface area contributed by atoms with E-state index in [1.165, 1.54) is 19.8 Å². The Labute approximate surface area is 218 Å². The number of carbonyl (C=O) groups excluding carboxylic acids is 1. The van der Waals surface area contributed by atoms with Crippen molar-refractivity contribution in [1.82, 2.24) is 0 Å². The fourth-order valence-corrected chi connectivity index (χ4v) is 10.2. The zero-order chi connectivity index (χ0) is 26.5. The van der Waals surface area contributed by atoms with Gasteiger partial charge in [-0.15, -0.1) is 0 Å². The van der Waals surface area contributed by atoms with Crippen molar-refractivity contribution in [2.24, 2.45) is 44.3 Å². The highest BCUT2D eigenvalue weighted by atomic mass is 16.5. The molecule has 3 fully saturated rings. The summed E-state index contributed by atoms with van der Waals surface area (Å²) in [6.45, 7) is 18.1. The van der Waals surface area contributed by atoms with Crippen molar-refractivity contribution in [1.29, 1.82) is 0 Å². The maximum absolute atomic E-state index is 12.3. The smallest absolute Gasteiger partial charge is 0.309 e. The summed E-state index contributed by atoms with van der Waals surface area (Å²) in [6, 6.07) is 0. The molecule has 1 N–H and O–H groups in total. The van der Waals surface area contributed by atoms with Gasteiger partial charge in [-0.2, -0.15) is 0 Å². The van der Waals surface area contributed by atoms with Gasteiger partial charge in [-0.25, -0.2) is 0 Å². The summed E-state index contributed by atoms with van der Waals surface area (Å²) in [5, 5.41) is 10.1. The fraction of sp³-hybridized carbons (Fsp3) is 0.812. The molecular formula is C32H48O4. The van der Waals surface area contributed by atoms with Crippen LogP contribution in [0, 0.1) is 44.3 Å². The molecule has 0 saturated heterocycles. The van der Waals surface area contributed by atoms with Crippen LogP contribution in [-0.2, 0) is 14.3 Å². The Morgan fingerprint density at radius 3 is 2.19 bits per heavy atom.